The summed E-state index contributed by atoms with van der Waals surface area (Å²) < 4.78 is 0.749. The summed E-state index contributed by atoms with van der Waals surface area (Å²) in [6.07, 6.45) is 2.89. The number of aliphatic hydroxyl groups excluding tert-OH is 1. The van der Waals surface area contributed by atoms with Gasteiger partial charge in [-0.05, 0) is 12.1 Å². The van der Waals surface area contributed by atoms with Crippen molar-refractivity contribution in [1.82, 2.24) is 0 Å². The topological polar surface area (TPSA) is 32.6 Å². The molecule has 0 spiro atoms. The Morgan fingerprint density at radius 2 is 1.85 bits per heavy atom. The molecule has 3 nitrogen and oxygen atoms in total. The molecule has 108 valence electrons. The van der Waals surface area contributed by atoms with Crippen molar-refractivity contribution in [2.45, 2.75) is 0 Å². The summed E-state index contributed by atoms with van der Waals surface area (Å²) in [6.45, 7) is 1.52. The zero-order chi connectivity index (χ0) is 13.9. The molecule has 1 heterocycles. The Bertz CT molecular complexity index is 548. The fourth-order valence-electron chi connectivity index (χ4n) is 2.18. The molecule has 0 atom stereocenters. The van der Waals surface area contributed by atoms with Crippen LogP contribution in [0.15, 0.2) is 57.8 Å². The number of hydrogen-bond acceptors (Lipinski definition) is 2. The molecule has 5 heteroatoms. The Morgan fingerprint density at radius 3 is 2.45 bits per heavy atom. The normalized spacial score (nSPS) is 20.2. The minimum atomic E-state index is 0. The molecule has 0 aromatic heterocycles. The third-order valence-electron chi connectivity index (χ3n) is 3.04. The monoisotopic (exact) mass is 312 g/mol. The van der Waals surface area contributed by atoms with Crippen molar-refractivity contribution in [3.05, 3.63) is 52.8 Å². The Balaban J connectivity index is 0.00000200. The van der Waals surface area contributed by atoms with Gasteiger partial charge in [-0.1, -0.05) is 29.8 Å². The van der Waals surface area contributed by atoms with Crippen LogP contribution >= 0.6 is 11.6 Å². The lowest BCUT2D eigenvalue weighted by atomic mass is 10.1. The second-order valence-electron chi connectivity index (χ2n) is 5.34. The van der Waals surface area contributed by atoms with Crippen LogP contribution in [0.4, 0.5) is 5.69 Å². The largest absolute Gasteiger partial charge is 1.00 e. The summed E-state index contributed by atoms with van der Waals surface area (Å²) >= 11 is 6.29. The highest BCUT2D eigenvalue weighted by Crippen LogP contribution is 2.28. The van der Waals surface area contributed by atoms with Gasteiger partial charge in [-0.25, -0.2) is 0 Å². The summed E-state index contributed by atoms with van der Waals surface area (Å²) in [7, 11) is 4.20. The first-order valence-electron chi connectivity index (χ1n) is 6.15. The molecule has 20 heavy (non-hydrogen) atoms. The van der Waals surface area contributed by atoms with Crippen molar-refractivity contribution in [2.75, 3.05) is 27.2 Å². The van der Waals surface area contributed by atoms with Crippen LogP contribution in [0.25, 0.3) is 0 Å². The number of halogens is 2. The first-order chi connectivity index (χ1) is 9.02. The fourth-order valence-corrected chi connectivity index (χ4v) is 2.40. The highest BCUT2D eigenvalue weighted by atomic mass is 35.5. The molecule has 0 radical (unpaired) electrons. The van der Waals surface area contributed by atoms with Crippen molar-refractivity contribution >= 4 is 23.5 Å². The zero-order valence-electron chi connectivity index (χ0n) is 11.6. The Hall–Kier alpha value is -1.29. The summed E-state index contributed by atoms with van der Waals surface area (Å²) in [5.74, 6) is 0. The summed E-state index contributed by atoms with van der Waals surface area (Å²) in [4.78, 5) is 4.43. The van der Waals surface area contributed by atoms with Gasteiger partial charge in [0.05, 0.1) is 36.7 Å². The number of aliphatic imine (C=N–C) groups is 1. The second kappa shape index (κ2) is 6.93. The van der Waals surface area contributed by atoms with E-state index in [0.29, 0.717) is 5.03 Å². The smallest absolute Gasteiger partial charge is 0.109 e. The van der Waals surface area contributed by atoms with Gasteiger partial charge >= 0.3 is 0 Å². The summed E-state index contributed by atoms with van der Waals surface area (Å²) in [6, 6.07) is 9.73. The fraction of sp³-hybridized carbons (Fsp3) is 0.267. The second-order valence-corrected chi connectivity index (χ2v) is 5.72. The number of benzene rings is 1. The van der Waals surface area contributed by atoms with E-state index in [9.17, 15) is 5.11 Å². The van der Waals surface area contributed by atoms with E-state index in [0.717, 1.165) is 40.7 Å². The van der Waals surface area contributed by atoms with Gasteiger partial charge in [-0.2, -0.15) is 0 Å². The molecule has 0 amide bonds. The molecule has 1 aromatic carbocycles. The number of quaternary nitrogens is 1. The number of nitrogens with zero attached hydrogens (tertiary/aromatic N) is 2. The number of rotatable bonds is 2. The van der Waals surface area contributed by atoms with Gasteiger partial charge in [0.15, 0.2) is 0 Å². The van der Waals surface area contributed by atoms with Crippen molar-refractivity contribution in [1.29, 1.82) is 0 Å². The molecule has 1 aromatic rings. The lowest BCUT2D eigenvalue weighted by molar-refractivity contribution is -0.881. The van der Waals surface area contributed by atoms with Crippen LogP contribution in [0.1, 0.15) is 0 Å². The lowest BCUT2D eigenvalue weighted by Crippen LogP contribution is -3.00. The first kappa shape index (κ1) is 16.8. The average molecular weight is 313 g/mol. The molecule has 0 aliphatic carbocycles. The van der Waals surface area contributed by atoms with E-state index in [4.69, 9.17) is 11.6 Å². The molecular formula is C15H18Cl2N2O. The van der Waals surface area contributed by atoms with E-state index in [1.807, 2.05) is 30.3 Å². The third kappa shape index (κ3) is 4.10. The van der Waals surface area contributed by atoms with Crippen molar-refractivity contribution in [3.8, 4) is 0 Å². The molecule has 0 saturated heterocycles. The van der Waals surface area contributed by atoms with Crippen LogP contribution in [0.5, 0.6) is 0 Å². The van der Waals surface area contributed by atoms with Gasteiger partial charge in [0, 0.05) is 11.8 Å². The molecule has 0 bridgehead atoms. The van der Waals surface area contributed by atoms with E-state index in [-0.39, 0.29) is 12.4 Å². The molecule has 2 rings (SSSR count). The maximum absolute atomic E-state index is 9.26. The molecule has 1 aliphatic rings. The van der Waals surface area contributed by atoms with E-state index < -0.39 is 0 Å². The van der Waals surface area contributed by atoms with E-state index in [1.54, 1.807) is 6.21 Å². The molecule has 0 saturated carbocycles. The minimum absolute atomic E-state index is 0. The van der Waals surface area contributed by atoms with Gasteiger partial charge in [-0.3, -0.25) is 4.99 Å². The lowest BCUT2D eigenvalue weighted by Gasteiger charge is -2.34. The van der Waals surface area contributed by atoms with Gasteiger partial charge < -0.3 is 22.0 Å². The maximum atomic E-state index is 9.26. The number of likely N-dealkylation sites (N-methyl/N-ethyl adjacent to an activating group) is 1. The predicted molar refractivity (Wildman–Crippen MR) is 80.0 cm³/mol. The van der Waals surface area contributed by atoms with Crippen LogP contribution in [0, 0.1) is 0 Å². The van der Waals surface area contributed by atoms with Gasteiger partial charge in [-0.15, -0.1) is 0 Å². The van der Waals surface area contributed by atoms with Crippen molar-refractivity contribution in [2.24, 2.45) is 4.99 Å². The van der Waals surface area contributed by atoms with Gasteiger partial charge in [0.1, 0.15) is 13.1 Å². The van der Waals surface area contributed by atoms with Crippen LogP contribution in [-0.4, -0.2) is 43.0 Å². The van der Waals surface area contributed by atoms with Crippen LogP contribution in [-0.2, 0) is 0 Å². The number of para-hydroxylation sites is 1. The van der Waals surface area contributed by atoms with Gasteiger partial charge in [0.25, 0.3) is 0 Å². The highest BCUT2D eigenvalue weighted by molar-refractivity contribution is 6.33. The summed E-state index contributed by atoms with van der Waals surface area (Å²) in [5.41, 5.74) is 2.60. The maximum Gasteiger partial charge on any atom is 0.109 e. The van der Waals surface area contributed by atoms with Gasteiger partial charge in [0.2, 0.25) is 0 Å². The molecule has 0 unspecified atom stereocenters. The molecule has 1 N–H and O–H groups in total. The van der Waals surface area contributed by atoms with Crippen molar-refractivity contribution < 1.29 is 22.0 Å². The van der Waals surface area contributed by atoms with E-state index >= 15 is 0 Å². The molecule has 1 aliphatic heterocycles. The van der Waals surface area contributed by atoms with Crippen LogP contribution in [0.3, 0.4) is 0 Å². The first-order valence-corrected chi connectivity index (χ1v) is 6.53. The Morgan fingerprint density at radius 1 is 1.20 bits per heavy atom. The highest BCUT2D eigenvalue weighted by Gasteiger charge is 2.28. The number of aliphatic hydroxyl groups is 1. The zero-order valence-corrected chi connectivity index (χ0v) is 13.1. The SMILES string of the molecule is C[N+]1(C)CC(/C=N/c2ccccc2)=C(Cl)C(=C\O)/C1.[Cl-]. The van der Waals surface area contributed by atoms with Crippen molar-refractivity contribution in [3.63, 3.8) is 0 Å². The Kier molecular flexibility index (Phi) is 5.81. The minimum Gasteiger partial charge on any atom is -1.00 e. The summed E-state index contributed by atoms with van der Waals surface area (Å²) in [5, 5.41) is 9.87. The number of hydrogen-bond donors (Lipinski definition) is 1. The van der Waals surface area contributed by atoms with E-state index in [1.165, 1.54) is 0 Å². The standard InChI is InChI=1S/C15H17ClN2O.ClH/c1-18(2)9-12(15(16)13(10-18)11-19)8-17-14-6-4-3-5-7-14;/h3-8,11H,9-10H2,1-2H3;1H. The van der Waals surface area contributed by atoms with Crippen LogP contribution in [0.2, 0.25) is 0 Å². The van der Waals surface area contributed by atoms with E-state index in [2.05, 4.69) is 19.1 Å². The van der Waals surface area contributed by atoms with Crippen LogP contribution < -0.4 is 12.4 Å². The predicted octanol–water partition coefficient (Wildman–Crippen LogP) is 0.418. The quantitative estimate of drug-likeness (QED) is 0.479. The molecular weight excluding hydrogens is 295 g/mol. The molecule has 0 fully saturated rings. The average Bonchev–Trinajstić information content (AvgIpc) is 2.40. The Labute approximate surface area is 130 Å². The third-order valence-corrected chi connectivity index (χ3v) is 3.53.